The molecule has 0 unspecified atom stereocenters. The predicted molar refractivity (Wildman–Crippen MR) is 79.7 cm³/mol. The fourth-order valence-electron chi connectivity index (χ4n) is 1.44. The number of hydrogen-bond donors (Lipinski definition) is 3. The van der Waals surface area contributed by atoms with Gasteiger partial charge in [0.05, 0.1) is 13.7 Å². The van der Waals surface area contributed by atoms with Gasteiger partial charge < -0.3 is 14.8 Å². The molecule has 1 aromatic rings. The average Bonchev–Trinajstić information content (AvgIpc) is 2.40. The van der Waals surface area contributed by atoms with Crippen molar-refractivity contribution < 1.29 is 14.6 Å². The number of hydrazine groups is 1. The second-order valence-electron chi connectivity index (χ2n) is 3.62. The maximum Gasteiger partial charge on any atom is 0.223 e. The van der Waals surface area contributed by atoms with Crippen molar-refractivity contribution >= 4 is 23.5 Å². The lowest BCUT2D eigenvalue weighted by molar-refractivity contribution is -0.500. The van der Waals surface area contributed by atoms with Gasteiger partial charge in [-0.3, -0.25) is 0 Å². The van der Waals surface area contributed by atoms with Gasteiger partial charge in [-0.25, -0.2) is 0 Å². The van der Waals surface area contributed by atoms with Crippen molar-refractivity contribution in [1.29, 1.82) is 0 Å². The largest absolute Gasteiger partial charge is 0.493 e. The smallest absolute Gasteiger partial charge is 0.223 e. The summed E-state index contributed by atoms with van der Waals surface area (Å²) in [4.78, 5) is 0. The van der Waals surface area contributed by atoms with Crippen LogP contribution in [0.3, 0.4) is 0 Å². The van der Waals surface area contributed by atoms with E-state index in [9.17, 15) is 0 Å². The lowest BCUT2D eigenvalue weighted by Crippen LogP contribution is -2.82. The lowest BCUT2D eigenvalue weighted by Gasteiger charge is -2.08. The number of hydrazone groups is 1. The minimum Gasteiger partial charge on any atom is -0.493 e. The molecule has 5 nitrogen and oxygen atoms in total. The second-order valence-corrected chi connectivity index (χ2v) is 4.02. The molecule has 1 aromatic carbocycles. The van der Waals surface area contributed by atoms with Gasteiger partial charge in [-0.05, 0) is 44.3 Å². The molecule has 0 spiro atoms. The monoisotopic (exact) mass is 282 g/mol. The van der Waals surface area contributed by atoms with E-state index in [2.05, 4.69) is 15.8 Å². The van der Waals surface area contributed by atoms with Gasteiger partial charge in [0.2, 0.25) is 5.11 Å². The third-order valence-electron chi connectivity index (χ3n) is 2.25. The summed E-state index contributed by atoms with van der Waals surface area (Å²) in [6.07, 6.45) is 1.80. The van der Waals surface area contributed by atoms with Crippen LogP contribution in [-0.4, -0.2) is 31.6 Å². The van der Waals surface area contributed by atoms with Crippen LogP contribution in [0.2, 0.25) is 0 Å². The van der Waals surface area contributed by atoms with Gasteiger partial charge in [-0.2, -0.15) is 0 Å². The highest BCUT2D eigenvalue weighted by Crippen LogP contribution is 2.27. The highest BCUT2D eigenvalue weighted by Gasteiger charge is 2.05. The summed E-state index contributed by atoms with van der Waals surface area (Å²) in [5, 5.41) is 6.45. The van der Waals surface area contributed by atoms with Crippen LogP contribution in [0.5, 0.6) is 11.5 Å². The molecule has 1 rings (SSSR count). The summed E-state index contributed by atoms with van der Waals surface area (Å²) in [6.45, 7) is 5.29. The first-order valence-corrected chi connectivity index (χ1v) is 6.55. The predicted octanol–water partition coefficient (Wildman–Crippen LogP) is -0.00760. The Morgan fingerprint density at radius 1 is 1.37 bits per heavy atom. The van der Waals surface area contributed by atoms with Gasteiger partial charge >= 0.3 is 0 Å². The first kappa shape index (κ1) is 15.2. The molecule has 0 amide bonds. The van der Waals surface area contributed by atoms with E-state index in [-0.39, 0.29) is 0 Å². The van der Waals surface area contributed by atoms with E-state index >= 15 is 0 Å². The van der Waals surface area contributed by atoms with Gasteiger partial charge in [0, 0.05) is 12.1 Å². The van der Waals surface area contributed by atoms with Crippen LogP contribution in [0, 0.1) is 0 Å². The van der Waals surface area contributed by atoms with E-state index in [0.717, 1.165) is 23.6 Å². The van der Waals surface area contributed by atoms with Crippen LogP contribution < -0.4 is 25.3 Å². The van der Waals surface area contributed by atoms with Crippen molar-refractivity contribution in [3.63, 3.8) is 0 Å². The molecule has 0 atom stereocenters. The SMILES string of the molecule is CCNC(=S)N[NH+]=Cc1ccc(OC)c(OCC)c1. The quantitative estimate of drug-likeness (QED) is 0.389. The maximum atomic E-state index is 5.50. The number of nitrogens with one attached hydrogen (secondary N) is 3. The van der Waals surface area contributed by atoms with Crippen molar-refractivity contribution in [3.8, 4) is 11.5 Å². The van der Waals surface area contributed by atoms with Gasteiger partial charge in [-0.1, -0.05) is 0 Å². The van der Waals surface area contributed by atoms with Crippen LogP contribution in [-0.2, 0) is 0 Å². The molecule has 0 aliphatic carbocycles. The molecule has 0 bridgehead atoms. The number of thiocarbonyl (C=S) groups is 1. The minimum atomic E-state index is 0.553. The number of rotatable bonds is 6. The first-order chi connectivity index (χ1) is 9.21. The summed E-state index contributed by atoms with van der Waals surface area (Å²) < 4.78 is 10.7. The van der Waals surface area contributed by atoms with Crippen molar-refractivity contribution in [2.24, 2.45) is 0 Å². The minimum absolute atomic E-state index is 0.553. The summed E-state index contributed by atoms with van der Waals surface area (Å²) in [5.41, 5.74) is 3.81. The Morgan fingerprint density at radius 2 is 2.16 bits per heavy atom. The molecule has 0 fully saturated rings. The van der Waals surface area contributed by atoms with Gasteiger partial charge in [0.1, 0.15) is 0 Å². The third-order valence-corrected chi connectivity index (χ3v) is 2.50. The standard InChI is InChI=1S/C13H19N3O2S/c1-4-14-13(19)16-15-9-10-6-7-11(17-3)12(8-10)18-5-2/h6-9H,4-5H2,1-3H3,(H2,14,16,19)/p+1. The highest BCUT2D eigenvalue weighted by atomic mass is 32.1. The van der Waals surface area contributed by atoms with Crippen molar-refractivity contribution in [3.05, 3.63) is 23.8 Å². The van der Waals surface area contributed by atoms with E-state index in [0.29, 0.717) is 11.7 Å². The van der Waals surface area contributed by atoms with Crippen molar-refractivity contribution in [2.45, 2.75) is 13.8 Å². The molecule has 0 aliphatic rings. The Balaban J connectivity index is 2.70. The zero-order chi connectivity index (χ0) is 14.1. The Labute approximate surface area is 119 Å². The van der Waals surface area contributed by atoms with Crippen LogP contribution >= 0.6 is 12.2 Å². The van der Waals surface area contributed by atoms with E-state index in [1.807, 2.05) is 32.0 Å². The fourth-order valence-corrected chi connectivity index (χ4v) is 1.64. The number of methoxy groups -OCH3 is 1. The van der Waals surface area contributed by atoms with Gasteiger partial charge in [-0.15, -0.1) is 10.5 Å². The van der Waals surface area contributed by atoms with Crippen LogP contribution in [0.4, 0.5) is 0 Å². The topological polar surface area (TPSA) is 56.5 Å². The first-order valence-electron chi connectivity index (χ1n) is 6.14. The third kappa shape index (κ3) is 5.13. The number of hydrogen-bond acceptors (Lipinski definition) is 3. The van der Waals surface area contributed by atoms with E-state index in [4.69, 9.17) is 21.7 Å². The molecule has 6 heteroatoms. The summed E-state index contributed by atoms with van der Waals surface area (Å²) in [6, 6.07) is 5.68. The Bertz CT molecular complexity index is 450. The molecule has 0 saturated heterocycles. The van der Waals surface area contributed by atoms with Gasteiger partial charge in [0.25, 0.3) is 0 Å². The molecule has 104 valence electrons. The zero-order valence-corrected chi connectivity index (χ0v) is 12.3. The number of ether oxygens (including phenoxy) is 2. The Kier molecular flexibility index (Phi) is 6.67. The van der Waals surface area contributed by atoms with E-state index in [1.54, 1.807) is 13.3 Å². The Hall–Kier alpha value is -1.82. The maximum absolute atomic E-state index is 5.50. The molecular formula is C13H20N3O2S+. The molecule has 0 aromatic heterocycles. The van der Waals surface area contributed by atoms with Gasteiger partial charge in [0.15, 0.2) is 17.7 Å². The summed E-state index contributed by atoms with van der Waals surface area (Å²) in [5.74, 6) is 1.44. The highest BCUT2D eigenvalue weighted by molar-refractivity contribution is 7.80. The fraction of sp³-hybridized carbons (Fsp3) is 0.385. The number of benzene rings is 1. The van der Waals surface area contributed by atoms with Crippen molar-refractivity contribution in [2.75, 3.05) is 20.3 Å². The molecule has 0 radical (unpaired) electrons. The summed E-state index contributed by atoms with van der Waals surface area (Å²) >= 11 is 5.03. The molecule has 19 heavy (non-hydrogen) atoms. The van der Waals surface area contributed by atoms with E-state index < -0.39 is 0 Å². The van der Waals surface area contributed by atoms with E-state index in [1.165, 1.54) is 0 Å². The zero-order valence-electron chi connectivity index (χ0n) is 11.4. The molecule has 0 saturated carbocycles. The van der Waals surface area contributed by atoms with Crippen LogP contribution in [0.1, 0.15) is 19.4 Å². The molecule has 3 N–H and O–H groups in total. The normalized spacial score (nSPS) is 10.3. The van der Waals surface area contributed by atoms with Crippen molar-refractivity contribution in [1.82, 2.24) is 10.7 Å². The molecule has 0 aliphatic heterocycles. The average molecular weight is 282 g/mol. The molecule has 0 heterocycles. The van der Waals surface area contributed by atoms with Crippen LogP contribution in [0.15, 0.2) is 18.2 Å². The Morgan fingerprint density at radius 3 is 2.79 bits per heavy atom. The lowest BCUT2D eigenvalue weighted by atomic mass is 10.2. The summed E-state index contributed by atoms with van der Waals surface area (Å²) in [7, 11) is 1.62. The molecular weight excluding hydrogens is 262 g/mol. The second kappa shape index (κ2) is 8.31. The van der Waals surface area contributed by atoms with Crippen LogP contribution in [0.25, 0.3) is 0 Å².